The number of nitrogens with zero attached hydrogens (tertiary/aromatic N) is 1. The number of carboxylic acid groups (broad SMARTS) is 2. The molecule has 0 aromatic rings. The average molecular weight is 296 g/mol. The number of carboxylic acids is 2. The van der Waals surface area contributed by atoms with Gasteiger partial charge < -0.3 is 20.4 Å². The van der Waals surface area contributed by atoms with E-state index in [-0.39, 0.29) is 12.3 Å². The van der Waals surface area contributed by atoms with Crippen LogP contribution in [-0.4, -0.2) is 73.1 Å². The van der Waals surface area contributed by atoms with Gasteiger partial charge in [-0.15, -0.1) is 0 Å². The summed E-state index contributed by atoms with van der Waals surface area (Å²) in [5, 5.41) is 19.2. The van der Waals surface area contributed by atoms with E-state index >= 15 is 0 Å². The predicted molar refractivity (Wildman–Crippen MR) is 64.5 cm³/mol. The number of hydrogen-bond acceptors (Lipinski definition) is 5. The van der Waals surface area contributed by atoms with Gasteiger partial charge in [-0.2, -0.15) is 0 Å². The first-order valence-electron chi connectivity index (χ1n) is 5.17. The fraction of sp³-hybridized carbons (Fsp3) is 0.667. The van der Waals surface area contributed by atoms with Crippen LogP contribution in [0.25, 0.3) is 0 Å². The number of amides is 2. The Morgan fingerprint density at radius 3 is 2.16 bits per heavy atom. The number of hydrogen-bond donors (Lipinski definition) is 3. The van der Waals surface area contributed by atoms with E-state index in [0.29, 0.717) is 0 Å². The maximum Gasteiger partial charge on any atom is 0.326 e. The van der Waals surface area contributed by atoms with Crippen LogP contribution in [0.1, 0.15) is 6.42 Å². The second-order valence-electron chi connectivity index (χ2n) is 3.99. The lowest BCUT2D eigenvalue weighted by molar-refractivity contribution is -0.145. The molecule has 0 heterocycles. The largest absolute Gasteiger partial charge is 0.481 e. The molecule has 0 aliphatic carbocycles. The summed E-state index contributed by atoms with van der Waals surface area (Å²) in [6.07, 6.45) is 0.240. The first-order chi connectivity index (χ1) is 8.53. The lowest BCUT2D eigenvalue weighted by atomic mass is 10.2. The van der Waals surface area contributed by atoms with E-state index < -0.39 is 40.3 Å². The summed E-state index contributed by atoms with van der Waals surface area (Å²) in [6, 6.07) is -2.41. The molecule has 0 aromatic carbocycles. The van der Waals surface area contributed by atoms with Crippen LogP contribution in [0, 0.1) is 0 Å². The van der Waals surface area contributed by atoms with Gasteiger partial charge in [0.15, 0.2) is 0 Å². The molecule has 0 saturated heterocycles. The Hall–Kier alpha value is -1.84. The molecule has 0 aliphatic rings. The lowest BCUT2D eigenvalue weighted by Gasteiger charge is -2.20. The van der Waals surface area contributed by atoms with Gasteiger partial charge in [0.1, 0.15) is 15.9 Å². The van der Waals surface area contributed by atoms with Gasteiger partial charge in [0.2, 0.25) is 0 Å². The Balaban J connectivity index is 4.47. The second-order valence-corrected chi connectivity index (χ2v) is 6.25. The van der Waals surface area contributed by atoms with E-state index in [4.69, 9.17) is 10.2 Å². The summed E-state index contributed by atoms with van der Waals surface area (Å²) in [5.74, 6) is -3.12. The summed E-state index contributed by atoms with van der Waals surface area (Å²) in [5.41, 5.74) is 0. The van der Waals surface area contributed by atoms with E-state index in [9.17, 15) is 22.8 Å². The van der Waals surface area contributed by atoms with Crippen molar-refractivity contribution in [1.29, 1.82) is 0 Å². The van der Waals surface area contributed by atoms with Gasteiger partial charge in [0, 0.05) is 19.8 Å². The maximum atomic E-state index is 11.5. The normalized spacial score (nSPS) is 12.5. The molecule has 0 radical (unpaired) electrons. The highest BCUT2D eigenvalue weighted by Gasteiger charge is 2.24. The molecule has 1 atom stereocenters. The maximum absolute atomic E-state index is 11.5. The topological polar surface area (TPSA) is 141 Å². The van der Waals surface area contributed by atoms with Crippen LogP contribution in [0.4, 0.5) is 4.79 Å². The molecule has 0 unspecified atom stereocenters. The Labute approximate surface area is 110 Å². The molecule has 0 spiro atoms. The number of sulfone groups is 1. The Morgan fingerprint density at radius 2 is 1.79 bits per heavy atom. The van der Waals surface area contributed by atoms with Crippen molar-refractivity contribution < 1.29 is 33.0 Å². The van der Waals surface area contributed by atoms with Gasteiger partial charge in [-0.3, -0.25) is 4.79 Å². The van der Waals surface area contributed by atoms with Crippen LogP contribution in [0.15, 0.2) is 0 Å². The van der Waals surface area contributed by atoms with Crippen molar-refractivity contribution in [1.82, 2.24) is 10.2 Å². The van der Waals surface area contributed by atoms with Crippen molar-refractivity contribution in [2.45, 2.75) is 12.5 Å². The standard InChI is InChI=1S/C9H16N2O7S/c1-11(3-4-19(2,17)18)9(16)10-6(8(14)15)5-7(12)13/h6H,3-5H2,1-2H3,(H,10,16)(H,12,13)(H,14,15)/t6-/m1/s1. The number of carbonyl (C=O) groups excluding carboxylic acids is 1. The van der Waals surface area contributed by atoms with E-state index in [1.807, 2.05) is 5.32 Å². The van der Waals surface area contributed by atoms with Crippen LogP contribution in [0.2, 0.25) is 0 Å². The lowest BCUT2D eigenvalue weighted by Crippen LogP contribution is -2.48. The molecule has 10 heteroatoms. The van der Waals surface area contributed by atoms with Crippen LogP contribution in [0.5, 0.6) is 0 Å². The molecule has 0 aliphatic heterocycles. The summed E-state index contributed by atoms with van der Waals surface area (Å²) in [6.45, 7) is -0.121. The van der Waals surface area contributed by atoms with Crippen molar-refractivity contribution in [2.24, 2.45) is 0 Å². The quantitative estimate of drug-likeness (QED) is 0.524. The van der Waals surface area contributed by atoms with E-state index in [0.717, 1.165) is 11.2 Å². The fourth-order valence-corrected chi connectivity index (χ4v) is 1.64. The highest BCUT2D eigenvalue weighted by molar-refractivity contribution is 7.90. The van der Waals surface area contributed by atoms with Gasteiger partial charge in [0.25, 0.3) is 0 Å². The third-order valence-corrected chi connectivity index (χ3v) is 3.04. The van der Waals surface area contributed by atoms with Gasteiger partial charge in [0.05, 0.1) is 12.2 Å². The molecule has 0 rings (SSSR count). The minimum atomic E-state index is -3.25. The monoisotopic (exact) mass is 296 g/mol. The number of urea groups is 1. The average Bonchev–Trinajstić information content (AvgIpc) is 2.22. The number of carbonyl (C=O) groups is 3. The van der Waals surface area contributed by atoms with Crippen LogP contribution < -0.4 is 5.32 Å². The molecule has 9 nitrogen and oxygen atoms in total. The summed E-state index contributed by atoms with van der Waals surface area (Å²) in [4.78, 5) is 33.6. The van der Waals surface area contributed by atoms with Crippen molar-refractivity contribution in [3.63, 3.8) is 0 Å². The molecule has 0 fully saturated rings. The minimum absolute atomic E-state index is 0.121. The predicted octanol–water partition coefficient (Wildman–Crippen LogP) is -1.40. The van der Waals surface area contributed by atoms with Crippen LogP contribution in [0.3, 0.4) is 0 Å². The molecule has 19 heavy (non-hydrogen) atoms. The molecular weight excluding hydrogens is 280 g/mol. The number of nitrogens with one attached hydrogen (secondary N) is 1. The van der Waals surface area contributed by atoms with E-state index in [1.54, 1.807) is 0 Å². The van der Waals surface area contributed by atoms with Gasteiger partial charge in [-0.1, -0.05) is 0 Å². The Morgan fingerprint density at radius 1 is 1.26 bits per heavy atom. The first-order valence-corrected chi connectivity index (χ1v) is 7.23. The molecular formula is C9H16N2O7S. The second kappa shape index (κ2) is 6.92. The number of rotatable bonds is 7. The zero-order chi connectivity index (χ0) is 15.2. The highest BCUT2D eigenvalue weighted by Crippen LogP contribution is 1.96. The van der Waals surface area contributed by atoms with Crippen molar-refractivity contribution >= 4 is 27.8 Å². The third-order valence-electron chi connectivity index (χ3n) is 2.12. The Bertz CT molecular complexity index is 459. The molecule has 0 bridgehead atoms. The zero-order valence-electron chi connectivity index (χ0n) is 10.5. The number of aliphatic carboxylic acids is 2. The van der Waals surface area contributed by atoms with Crippen LogP contribution >= 0.6 is 0 Å². The van der Waals surface area contributed by atoms with Crippen molar-refractivity contribution in [2.75, 3.05) is 25.6 Å². The minimum Gasteiger partial charge on any atom is -0.481 e. The van der Waals surface area contributed by atoms with Crippen LogP contribution in [-0.2, 0) is 19.4 Å². The molecule has 0 aromatic heterocycles. The van der Waals surface area contributed by atoms with Gasteiger partial charge in [-0.05, 0) is 0 Å². The summed E-state index contributed by atoms with van der Waals surface area (Å²) >= 11 is 0. The van der Waals surface area contributed by atoms with E-state index in [1.165, 1.54) is 7.05 Å². The molecule has 2 amide bonds. The summed E-state index contributed by atoms with van der Waals surface area (Å²) < 4.78 is 21.8. The van der Waals surface area contributed by atoms with E-state index in [2.05, 4.69) is 0 Å². The van der Waals surface area contributed by atoms with Gasteiger partial charge in [-0.25, -0.2) is 18.0 Å². The molecule has 110 valence electrons. The zero-order valence-corrected chi connectivity index (χ0v) is 11.3. The van der Waals surface area contributed by atoms with Crippen molar-refractivity contribution in [3.05, 3.63) is 0 Å². The molecule has 3 N–H and O–H groups in total. The van der Waals surface area contributed by atoms with Crippen molar-refractivity contribution in [3.8, 4) is 0 Å². The third kappa shape index (κ3) is 7.97. The highest BCUT2D eigenvalue weighted by atomic mass is 32.2. The first kappa shape index (κ1) is 17.2. The van der Waals surface area contributed by atoms with Gasteiger partial charge >= 0.3 is 18.0 Å². The SMILES string of the molecule is CN(CCS(C)(=O)=O)C(=O)N[C@H](CC(=O)O)C(=O)O. The summed E-state index contributed by atoms with van der Waals surface area (Å²) in [7, 11) is -1.97. The smallest absolute Gasteiger partial charge is 0.326 e. The molecule has 0 saturated carbocycles. The Kier molecular flexibility index (Phi) is 6.25. The fourth-order valence-electron chi connectivity index (χ4n) is 1.04.